The average Bonchev–Trinajstić information content (AvgIpc) is 1.74. The highest BCUT2D eigenvalue weighted by Gasteiger charge is 2.35. The van der Waals surface area contributed by atoms with Crippen LogP contribution in [0.2, 0.25) is 0 Å². The summed E-state index contributed by atoms with van der Waals surface area (Å²) < 4.78 is 175. The Morgan fingerprint density at radius 1 is 0.183 bits per heavy atom. The maximum atomic E-state index is 14.5. The Morgan fingerprint density at radius 2 is 0.409 bits per heavy atom. The Morgan fingerprint density at radius 3 is 0.699 bits per heavy atom. The fourth-order valence-corrected chi connectivity index (χ4v) is 13.7. The van der Waals surface area contributed by atoms with Crippen LogP contribution in [-0.4, -0.2) is 13.7 Å². The van der Waals surface area contributed by atoms with E-state index in [4.69, 9.17) is 0 Å². The highest BCUT2D eigenvalue weighted by Crippen LogP contribution is 2.47. The first-order valence-corrected chi connectivity index (χ1v) is 29.5. The molecule has 0 saturated heterocycles. The van der Waals surface area contributed by atoms with Crippen molar-refractivity contribution in [2.24, 2.45) is 0 Å². The zero-order valence-corrected chi connectivity index (χ0v) is 48.2. The van der Waals surface area contributed by atoms with Crippen molar-refractivity contribution in [1.82, 2.24) is 13.7 Å². The predicted octanol–water partition coefficient (Wildman–Crippen LogP) is 24.0. The normalized spacial score (nSPS) is 12.7. The van der Waals surface area contributed by atoms with Crippen molar-refractivity contribution >= 4 is 87.0 Å². The standard InChI is InChI=1S/C78H43F12N3/c79-75(80,81)50-20-28-55(29-21-50)92-69-34-18-48(40-63(69)65-42-52(77(85,86)87)24-36-71(65)92)46-16-32-67-61(38-46)62-39-47(49-19-35-70-64(41-49)66-43-53(78(88,89)90)25-37-72(66)93(70)56-30-22-51(23-31-56)76(82,83)84)17-33-68(62)91(67)54-26-14-45(15-27-54)74-59-12-6-4-10-57(59)73(44-8-2-1-3-9-44)58-11-5-7-13-60(58)74/h1-43H. The van der Waals surface area contributed by atoms with Gasteiger partial charge < -0.3 is 13.7 Å². The third-order valence-corrected chi connectivity index (χ3v) is 17.9. The van der Waals surface area contributed by atoms with Crippen LogP contribution >= 0.6 is 0 Å². The second kappa shape index (κ2) is 20.7. The van der Waals surface area contributed by atoms with Crippen molar-refractivity contribution in [3.8, 4) is 61.6 Å². The van der Waals surface area contributed by atoms with Crippen LogP contribution in [0.25, 0.3) is 149 Å². The van der Waals surface area contributed by atoms with E-state index in [0.29, 0.717) is 66.5 Å². The molecule has 93 heavy (non-hydrogen) atoms. The first kappa shape index (κ1) is 57.1. The van der Waals surface area contributed by atoms with Crippen LogP contribution in [0, 0.1) is 0 Å². The molecule has 454 valence electrons. The van der Waals surface area contributed by atoms with E-state index in [9.17, 15) is 52.7 Å². The molecule has 0 N–H and O–H groups in total. The summed E-state index contributed by atoms with van der Waals surface area (Å²) in [5.41, 5.74) is 7.94. The average molecular weight is 1250 g/mol. The Labute approximate surface area is 520 Å². The van der Waals surface area contributed by atoms with Gasteiger partial charge >= 0.3 is 24.7 Å². The van der Waals surface area contributed by atoms with E-state index in [1.165, 1.54) is 36.4 Å². The van der Waals surface area contributed by atoms with Gasteiger partial charge in [-0.15, -0.1) is 0 Å². The van der Waals surface area contributed by atoms with Gasteiger partial charge in [-0.25, -0.2) is 0 Å². The molecule has 16 rings (SSSR count). The van der Waals surface area contributed by atoms with Crippen molar-refractivity contribution in [2.75, 3.05) is 0 Å². The van der Waals surface area contributed by atoms with Crippen molar-refractivity contribution in [1.29, 1.82) is 0 Å². The van der Waals surface area contributed by atoms with Crippen LogP contribution in [-0.2, 0) is 24.7 Å². The van der Waals surface area contributed by atoms with Crippen molar-refractivity contribution in [3.63, 3.8) is 0 Å². The smallest absolute Gasteiger partial charge is 0.309 e. The molecule has 0 bridgehead atoms. The first-order valence-electron chi connectivity index (χ1n) is 29.5. The Balaban J connectivity index is 0.886. The Hall–Kier alpha value is -11.1. The SMILES string of the molecule is FC(F)(F)c1ccc(-n2c3ccc(-c4ccc5c(c4)c4cc(-c6ccc7c(c6)c6cc(C(F)(F)F)ccc6n7-c6ccc(C(F)(F)F)cc6)ccc4n5-c4ccc(-c5c6ccccc6c(-c6ccccc6)c6ccccc56)cc4)cc3c3cc(C(F)(F)F)ccc32)cc1. The topological polar surface area (TPSA) is 14.8 Å². The summed E-state index contributed by atoms with van der Waals surface area (Å²) in [7, 11) is 0. The highest BCUT2D eigenvalue weighted by atomic mass is 19.4. The molecule has 0 fully saturated rings. The van der Waals surface area contributed by atoms with Crippen LogP contribution in [0.15, 0.2) is 261 Å². The fourth-order valence-electron chi connectivity index (χ4n) is 13.7. The molecule has 0 aliphatic heterocycles. The van der Waals surface area contributed by atoms with E-state index >= 15 is 0 Å². The molecule has 0 aliphatic rings. The first-order chi connectivity index (χ1) is 44.6. The van der Waals surface area contributed by atoms with E-state index in [1.807, 2.05) is 91.0 Å². The van der Waals surface area contributed by atoms with Gasteiger partial charge in [0.15, 0.2) is 0 Å². The van der Waals surface area contributed by atoms with Gasteiger partial charge in [-0.3, -0.25) is 0 Å². The summed E-state index contributed by atoms with van der Waals surface area (Å²) in [6.45, 7) is 0. The number of aromatic nitrogens is 3. The molecule has 3 nitrogen and oxygen atoms in total. The van der Waals surface area contributed by atoms with Crippen molar-refractivity contribution in [3.05, 3.63) is 283 Å². The van der Waals surface area contributed by atoms with E-state index in [0.717, 1.165) is 120 Å². The summed E-state index contributed by atoms with van der Waals surface area (Å²) in [5.74, 6) is 0. The zero-order valence-electron chi connectivity index (χ0n) is 48.2. The lowest BCUT2D eigenvalue weighted by atomic mass is 9.86. The summed E-state index contributed by atoms with van der Waals surface area (Å²) in [6.07, 6.45) is -18.7. The lowest BCUT2D eigenvalue weighted by Gasteiger charge is -2.18. The maximum absolute atomic E-state index is 14.5. The van der Waals surface area contributed by atoms with Crippen LogP contribution in [0.4, 0.5) is 52.7 Å². The molecule has 0 saturated carbocycles. The van der Waals surface area contributed by atoms with Gasteiger partial charge in [0.2, 0.25) is 0 Å². The van der Waals surface area contributed by atoms with Crippen molar-refractivity contribution in [2.45, 2.75) is 24.7 Å². The van der Waals surface area contributed by atoms with E-state index in [2.05, 4.69) is 65.2 Å². The van der Waals surface area contributed by atoms with E-state index < -0.39 is 47.0 Å². The van der Waals surface area contributed by atoms with Crippen LogP contribution < -0.4 is 0 Å². The number of rotatable bonds is 7. The van der Waals surface area contributed by atoms with E-state index in [-0.39, 0.29) is 10.8 Å². The molecular formula is C78H43F12N3. The second-order valence-electron chi connectivity index (χ2n) is 23.2. The van der Waals surface area contributed by atoms with Gasteiger partial charge in [0.25, 0.3) is 0 Å². The molecule has 0 unspecified atom stereocenters. The van der Waals surface area contributed by atoms with Crippen LogP contribution in [0.5, 0.6) is 0 Å². The number of nitrogens with zero attached hydrogens (tertiary/aromatic N) is 3. The molecule has 3 heterocycles. The summed E-state index contributed by atoms with van der Waals surface area (Å²) >= 11 is 0. The maximum Gasteiger partial charge on any atom is 0.416 e. The minimum absolute atomic E-state index is 0.231. The number of hydrogen-bond donors (Lipinski definition) is 0. The van der Waals surface area contributed by atoms with Crippen LogP contribution in [0.3, 0.4) is 0 Å². The molecule has 0 spiro atoms. The van der Waals surface area contributed by atoms with Gasteiger partial charge in [0.1, 0.15) is 0 Å². The van der Waals surface area contributed by atoms with Gasteiger partial charge in [-0.1, -0.05) is 115 Å². The third-order valence-electron chi connectivity index (χ3n) is 17.9. The molecular weight excluding hydrogens is 1210 g/mol. The number of halogens is 12. The fraction of sp³-hybridized carbons (Fsp3) is 0.0513. The number of alkyl halides is 12. The summed E-state index contributed by atoms with van der Waals surface area (Å²) in [4.78, 5) is 0. The summed E-state index contributed by atoms with van der Waals surface area (Å²) in [6, 6.07) is 73.4. The number of fused-ring (bicyclic) bond motifs is 11. The molecule has 0 aliphatic carbocycles. The lowest BCUT2D eigenvalue weighted by Crippen LogP contribution is -2.05. The molecule has 3 aromatic heterocycles. The molecule has 0 atom stereocenters. The van der Waals surface area contributed by atoms with Gasteiger partial charge in [-0.2, -0.15) is 52.7 Å². The number of hydrogen-bond acceptors (Lipinski definition) is 0. The third kappa shape index (κ3) is 9.46. The molecule has 16 aromatic rings. The summed E-state index contributed by atoms with van der Waals surface area (Å²) in [5, 5.41) is 7.19. The van der Waals surface area contributed by atoms with Gasteiger partial charge in [0.05, 0.1) is 55.4 Å². The molecule has 0 amide bonds. The lowest BCUT2D eigenvalue weighted by molar-refractivity contribution is -0.138. The minimum atomic E-state index is -4.71. The second-order valence-corrected chi connectivity index (χ2v) is 23.2. The monoisotopic (exact) mass is 1250 g/mol. The molecule has 15 heteroatoms. The molecule has 0 radical (unpaired) electrons. The number of benzene rings is 13. The predicted molar refractivity (Wildman–Crippen MR) is 346 cm³/mol. The van der Waals surface area contributed by atoms with Gasteiger partial charge in [-0.05, 0) is 212 Å². The highest BCUT2D eigenvalue weighted by molar-refractivity contribution is 6.22. The molecule has 13 aromatic carbocycles. The van der Waals surface area contributed by atoms with Crippen LogP contribution in [0.1, 0.15) is 22.3 Å². The van der Waals surface area contributed by atoms with E-state index in [1.54, 1.807) is 33.4 Å². The largest absolute Gasteiger partial charge is 0.416 e. The Bertz CT molecular complexity index is 5400. The quantitative estimate of drug-likeness (QED) is 0.112. The zero-order chi connectivity index (χ0) is 64.0. The van der Waals surface area contributed by atoms with Crippen molar-refractivity contribution < 1.29 is 52.7 Å². The van der Waals surface area contributed by atoms with Gasteiger partial charge in [0, 0.05) is 49.4 Å². The minimum Gasteiger partial charge on any atom is -0.309 e. The Kier molecular flexibility index (Phi) is 12.7.